The molecule has 2 aromatic rings. The van der Waals surface area contributed by atoms with Gasteiger partial charge < -0.3 is 10.2 Å². The molecule has 0 radical (unpaired) electrons. The van der Waals surface area contributed by atoms with Gasteiger partial charge in [-0.05, 0) is 49.6 Å². The molecule has 2 aromatic carbocycles. The molecule has 0 spiro atoms. The lowest BCUT2D eigenvalue weighted by molar-refractivity contribution is -0.139. The number of carbonyl (C=O) groups is 2. The lowest BCUT2D eigenvalue weighted by Crippen LogP contribution is -2.53. The Hall–Kier alpha value is -2.69. The maximum absolute atomic E-state index is 14.7. The molecule has 0 bridgehead atoms. The summed E-state index contributed by atoms with van der Waals surface area (Å²) in [6, 6.07) is 11.3. The van der Waals surface area contributed by atoms with Crippen molar-refractivity contribution in [1.29, 1.82) is 0 Å². The van der Waals surface area contributed by atoms with Crippen molar-refractivity contribution >= 4 is 39.3 Å². The third kappa shape index (κ3) is 7.43. The fourth-order valence-electron chi connectivity index (χ4n) is 4.29. The Morgan fingerprint density at radius 1 is 1.05 bits per heavy atom. The number of hydrogen-bond acceptors (Lipinski definition) is 4. The van der Waals surface area contributed by atoms with Gasteiger partial charge in [0.1, 0.15) is 18.4 Å². The van der Waals surface area contributed by atoms with Crippen LogP contribution in [0.2, 0.25) is 5.02 Å². The van der Waals surface area contributed by atoms with Crippen molar-refractivity contribution in [2.45, 2.75) is 57.7 Å². The number of hydrogen-bond donors (Lipinski definition) is 1. The molecular weight excluding hydrogens is 519 g/mol. The summed E-state index contributed by atoms with van der Waals surface area (Å²) >= 11 is 6.01. The number of anilines is 1. The molecule has 1 N–H and O–H groups in total. The molecule has 202 valence electrons. The van der Waals surface area contributed by atoms with Crippen LogP contribution >= 0.6 is 11.6 Å². The van der Waals surface area contributed by atoms with Crippen LogP contribution in [0.5, 0.6) is 0 Å². The lowest BCUT2D eigenvalue weighted by Gasteiger charge is -2.34. The first-order valence-corrected chi connectivity index (χ1v) is 14.1. The van der Waals surface area contributed by atoms with Crippen LogP contribution in [-0.4, -0.2) is 62.2 Å². The van der Waals surface area contributed by atoms with Crippen LogP contribution in [0, 0.1) is 5.82 Å². The van der Waals surface area contributed by atoms with Gasteiger partial charge in [0, 0.05) is 31.7 Å². The minimum atomic E-state index is -4.23. The standard InChI is InChI=1S/C26H34ClFN4O4S/c1-19(26(34)29-22-9-5-4-6-10-22)31(17-20-13-15-21(27)16-14-20)25(33)18-32(37(35,36)30(2)3)24-12-8-7-11-23(24)28/h7-8,11-16,19,22H,4-6,9-10,17-18H2,1-3H3,(H,29,34)/t19-/m1/s1. The van der Waals surface area contributed by atoms with E-state index in [1.165, 1.54) is 37.2 Å². The number of para-hydroxylation sites is 1. The van der Waals surface area contributed by atoms with E-state index in [4.69, 9.17) is 11.6 Å². The van der Waals surface area contributed by atoms with Gasteiger partial charge in [-0.3, -0.25) is 9.59 Å². The zero-order valence-corrected chi connectivity index (χ0v) is 22.9. The topological polar surface area (TPSA) is 90.0 Å². The Morgan fingerprint density at radius 3 is 2.27 bits per heavy atom. The first-order chi connectivity index (χ1) is 17.5. The largest absolute Gasteiger partial charge is 0.352 e. The average molecular weight is 553 g/mol. The summed E-state index contributed by atoms with van der Waals surface area (Å²) in [6.07, 6.45) is 4.96. The number of nitrogens with one attached hydrogen (secondary N) is 1. The number of benzene rings is 2. The van der Waals surface area contributed by atoms with Gasteiger partial charge in [-0.2, -0.15) is 12.7 Å². The van der Waals surface area contributed by atoms with E-state index >= 15 is 0 Å². The summed E-state index contributed by atoms with van der Waals surface area (Å²) in [6.45, 7) is 0.971. The SMILES string of the molecule is C[C@H](C(=O)NC1CCCCC1)N(Cc1ccc(Cl)cc1)C(=O)CN(c1ccccc1F)S(=O)(=O)N(C)C. The Kier molecular flexibility index (Phi) is 9.92. The van der Waals surface area contributed by atoms with Crippen molar-refractivity contribution in [3.63, 3.8) is 0 Å². The normalized spacial score (nSPS) is 15.3. The summed E-state index contributed by atoms with van der Waals surface area (Å²) in [7, 11) is -1.62. The van der Waals surface area contributed by atoms with E-state index in [2.05, 4.69) is 5.32 Å². The molecule has 0 heterocycles. The molecule has 1 fully saturated rings. The number of carbonyl (C=O) groups excluding carboxylic acids is 2. The van der Waals surface area contributed by atoms with Gasteiger partial charge in [0.2, 0.25) is 11.8 Å². The van der Waals surface area contributed by atoms with Crippen LogP contribution in [0.15, 0.2) is 48.5 Å². The zero-order chi connectivity index (χ0) is 27.2. The van der Waals surface area contributed by atoms with Crippen LogP contribution in [-0.2, 0) is 26.3 Å². The van der Waals surface area contributed by atoms with E-state index < -0.39 is 34.5 Å². The molecule has 8 nitrogen and oxygen atoms in total. The third-order valence-electron chi connectivity index (χ3n) is 6.52. The third-order valence-corrected chi connectivity index (χ3v) is 8.58. The molecule has 37 heavy (non-hydrogen) atoms. The van der Waals surface area contributed by atoms with Crippen molar-refractivity contribution in [3.8, 4) is 0 Å². The monoisotopic (exact) mass is 552 g/mol. The van der Waals surface area contributed by atoms with E-state index in [0.717, 1.165) is 46.8 Å². The lowest BCUT2D eigenvalue weighted by atomic mass is 9.95. The van der Waals surface area contributed by atoms with E-state index in [-0.39, 0.29) is 24.2 Å². The molecule has 11 heteroatoms. The summed E-state index contributed by atoms with van der Waals surface area (Å²) < 4.78 is 42.6. The van der Waals surface area contributed by atoms with Crippen molar-refractivity contribution in [2.24, 2.45) is 0 Å². The van der Waals surface area contributed by atoms with Crippen molar-refractivity contribution < 1.29 is 22.4 Å². The predicted molar refractivity (Wildman–Crippen MR) is 143 cm³/mol. The summed E-state index contributed by atoms with van der Waals surface area (Å²) in [5.41, 5.74) is 0.457. The van der Waals surface area contributed by atoms with Crippen LogP contribution in [0.3, 0.4) is 0 Å². The fourth-order valence-corrected chi connectivity index (χ4v) is 5.48. The Morgan fingerprint density at radius 2 is 1.68 bits per heavy atom. The van der Waals surface area contributed by atoms with Gasteiger partial charge in [0.25, 0.3) is 0 Å². The molecule has 1 saturated carbocycles. The highest BCUT2D eigenvalue weighted by atomic mass is 35.5. The molecule has 1 aliphatic rings. The Bertz CT molecular complexity index is 1190. The molecular formula is C26H34ClFN4O4S. The molecule has 1 atom stereocenters. The summed E-state index contributed by atoms with van der Waals surface area (Å²) in [5.74, 6) is -1.75. The van der Waals surface area contributed by atoms with Crippen LogP contribution < -0.4 is 9.62 Å². The highest BCUT2D eigenvalue weighted by Crippen LogP contribution is 2.24. The molecule has 0 aromatic heterocycles. The van der Waals surface area contributed by atoms with Crippen molar-refractivity contribution in [3.05, 3.63) is 64.9 Å². The minimum Gasteiger partial charge on any atom is -0.352 e. The van der Waals surface area contributed by atoms with Gasteiger partial charge in [0.15, 0.2) is 0 Å². The quantitative estimate of drug-likeness (QED) is 0.483. The molecule has 2 amide bonds. The second-order valence-corrected chi connectivity index (χ2v) is 11.9. The highest BCUT2D eigenvalue weighted by Gasteiger charge is 2.34. The number of halogens is 2. The number of nitrogens with zero attached hydrogens (tertiary/aromatic N) is 3. The van der Waals surface area contributed by atoms with Gasteiger partial charge in [-0.25, -0.2) is 8.70 Å². The molecule has 1 aliphatic carbocycles. The van der Waals surface area contributed by atoms with E-state index in [1.807, 2.05) is 0 Å². The number of rotatable bonds is 10. The molecule has 0 unspecified atom stereocenters. The maximum Gasteiger partial charge on any atom is 0.304 e. The van der Waals surface area contributed by atoms with Crippen LogP contribution in [0.1, 0.15) is 44.6 Å². The highest BCUT2D eigenvalue weighted by molar-refractivity contribution is 7.90. The van der Waals surface area contributed by atoms with Crippen molar-refractivity contribution in [1.82, 2.24) is 14.5 Å². The number of amides is 2. The fraction of sp³-hybridized carbons (Fsp3) is 0.462. The first kappa shape index (κ1) is 28.9. The average Bonchev–Trinajstić information content (AvgIpc) is 2.87. The second kappa shape index (κ2) is 12.7. The van der Waals surface area contributed by atoms with Gasteiger partial charge in [-0.1, -0.05) is 55.1 Å². The summed E-state index contributed by atoms with van der Waals surface area (Å²) in [5, 5.41) is 3.56. The van der Waals surface area contributed by atoms with E-state index in [1.54, 1.807) is 31.2 Å². The zero-order valence-electron chi connectivity index (χ0n) is 21.4. The first-order valence-electron chi connectivity index (χ1n) is 12.3. The molecule has 0 saturated heterocycles. The minimum absolute atomic E-state index is 0.0419. The summed E-state index contributed by atoms with van der Waals surface area (Å²) in [4.78, 5) is 28.2. The second-order valence-electron chi connectivity index (χ2n) is 9.42. The molecule has 3 rings (SSSR count). The smallest absolute Gasteiger partial charge is 0.304 e. The van der Waals surface area contributed by atoms with Crippen LogP contribution in [0.25, 0.3) is 0 Å². The maximum atomic E-state index is 14.7. The Balaban J connectivity index is 1.92. The van der Waals surface area contributed by atoms with Crippen molar-refractivity contribution in [2.75, 3.05) is 24.9 Å². The molecule has 0 aliphatic heterocycles. The van der Waals surface area contributed by atoms with Crippen LogP contribution in [0.4, 0.5) is 10.1 Å². The van der Waals surface area contributed by atoms with Gasteiger partial charge in [0.05, 0.1) is 5.69 Å². The van der Waals surface area contributed by atoms with E-state index in [9.17, 15) is 22.4 Å². The van der Waals surface area contributed by atoms with Gasteiger partial charge >= 0.3 is 10.2 Å². The Labute approximate surface area is 223 Å². The van der Waals surface area contributed by atoms with E-state index in [0.29, 0.717) is 10.6 Å². The predicted octanol–water partition coefficient (Wildman–Crippen LogP) is 3.96. The van der Waals surface area contributed by atoms with Gasteiger partial charge in [-0.15, -0.1) is 0 Å².